The van der Waals surface area contributed by atoms with E-state index in [1.165, 1.54) is 17.0 Å². The van der Waals surface area contributed by atoms with E-state index in [-0.39, 0.29) is 42.5 Å². The second-order valence-corrected chi connectivity index (χ2v) is 6.99. The minimum absolute atomic E-state index is 0. The van der Waals surface area contributed by atoms with Crippen LogP contribution in [0.2, 0.25) is 0 Å². The second kappa shape index (κ2) is 11.6. The molecule has 1 aliphatic heterocycles. The summed E-state index contributed by atoms with van der Waals surface area (Å²) in [6.45, 7) is 1.63. The van der Waals surface area contributed by atoms with E-state index in [1.54, 1.807) is 26.0 Å². The fourth-order valence-electron chi connectivity index (χ4n) is 2.75. The number of guanidine groups is 1. The van der Waals surface area contributed by atoms with Crippen LogP contribution in [0.3, 0.4) is 0 Å². The van der Waals surface area contributed by atoms with Gasteiger partial charge in [-0.25, -0.2) is 4.99 Å². The van der Waals surface area contributed by atoms with Gasteiger partial charge in [0.1, 0.15) is 6.54 Å². The largest absolute Gasteiger partial charge is 0.416 e. The average Bonchev–Trinajstić information content (AvgIpc) is 3.14. The highest BCUT2D eigenvalue weighted by Gasteiger charge is 2.30. The predicted octanol–water partition coefficient (Wildman–Crippen LogP) is 2.97. The highest BCUT2D eigenvalue weighted by molar-refractivity contribution is 14.0. The highest BCUT2D eigenvalue weighted by Crippen LogP contribution is 2.29. The van der Waals surface area contributed by atoms with Crippen LogP contribution in [-0.2, 0) is 22.3 Å². The third kappa shape index (κ3) is 8.37. The first-order chi connectivity index (χ1) is 13.2. The Hall–Kier alpha value is -1.56. The number of benzene rings is 1. The Morgan fingerprint density at radius 2 is 1.90 bits per heavy atom. The van der Waals surface area contributed by atoms with Crippen molar-refractivity contribution in [3.05, 3.63) is 35.4 Å². The van der Waals surface area contributed by atoms with E-state index in [2.05, 4.69) is 10.3 Å². The fourth-order valence-corrected chi connectivity index (χ4v) is 2.75. The van der Waals surface area contributed by atoms with Crippen LogP contribution < -0.4 is 5.32 Å². The number of aliphatic imine (C=N–C) groups is 1. The molecule has 0 aromatic heterocycles. The van der Waals surface area contributed by atoms with Gasteiger partial charge in [0, 0.05) is 40.8 Å². The van der Waals surface area contributed by atoms with Gasteiger partial charge in [-0.2, -0.15) is 13.2 Å². The maximum absolute atomic E-state index is 12.7. The number of halogens is 4. The van der Waals surface area contributed by atoms with Crippen molar-refractivity contribution in [3.8, 4) is 0 Å². The summed E-state index contributed by atoms with van der Waals surface area (Å²) in [5, 5.41) is 3.21. The first kappa shape index (κ1) is 25.5. The van der Waals surface area contributed by atoms with Crippen molar-refractivity contribution >= 4 is 35.8 Å². The molecule has 2 rings (SSSR count). The quantitative estimate of drug-likeness (QED) is 0.351. The van der Waals surface area contributed by atoms with Gasteiger partial charge in [0.15, 0.2) is 5.96 Å². The molecule has 1 fully saturated rings. The summed E-state index contributed by atoms with van der Waals surface area (Å²) in [6.07, 6.45) is -2.29. The summed E-state index contributed by atoms with van der Waals surface area (Å²) in [5.41, 5.74) is 0.0296. The Balaban J connectivity index is 0.00000420. The first-order valence-corrected chi connectivity index (χ1v) is 9.14. The summed E-state index contributed by atoms with van der Waals surface area (Å²) in [7, 11) is 5.09. The van der Waals surface area contributed by atoms with Crippen LogP contribution in [0.25, 0.3) is 0 Å². The number of alkyl halides is 3. The van der Waals surface area contributed by atoms with Crippen LogP contribution >= 0.6 is 24.0 Å². The number of amides is 1. The molecule has 1 unspecified atom stereocenters. The zero-order valence-corrected chi connectivity index (χ0v) is 19.2. The van der Waals surface area contributed by atoms with Crippen molar-refractivity contribution in [2.75, 3.05) is 40.8 Å². The number of ether oxygens (including phenoxy) is 1. The van der Waals surface area contributed by atoms with Crippen LogP contribution in [-0.4, -0.2) is 68.6 Å². The fraction of sp³-hybridized carbons (Fsp3) is 0.579. The van der Waals surface area contributed by atoms with E-state index in [9.17, 15) is 18.0 Å². The van der Waals surface area contributed by atoms with Crippen molar-refractivity contribution in [3.63, 3.8) is 0 Å². The maximum atomic E-state index is 12.7. The monoisotopic (exact) mass is 528 g/mol. The normalized spacial score (nSPS) is 16.9. The molecule has 0 saturated carbocycles. The Kier molecular flexibility index (Phi) is 10.2. The topological polar surface area (TPSA) is 57.2 Å². The molecule has 1 aromatic rings. The second-order valence-electron chi connectivity index (χ2n) is 6.99. The van der Waals surface area contributed by atoms with E-state index in [0.29, 0.717) is 24.6 Å². The molecule has 1 heterocycles. The van der Waals surface area contributed by atoms with Crippen LogP contribution in [0.15, 0.2) is 29.3 Å². The molecule has 6 nitrogen and oxygen atoms in total. The van der Waals surface area contributed by atoms with E-state index < -0.39 is 11.7 Å². The number of nitrogens with zero attached hydrogens (tertiary/aromatic N) is 3. The van der Waals surface area contributed by atoms with E-state index in [1.807, 2.05) is 0 Å². The molecule has 1 amide bonds. The van der Waals surface area contributed by atoms with Crippen molar-refractivity contribution in [2.45, 2.75) is 31.7 Å². The molecule has 1 atom stereocenters. The van der Waals surface area contributed by atoms with E-state index >= 15 is 0 Å². The Morgan fingerprint density at radius 3 is 2.41 bits per heavy atom. The third-order valence-electron chi connectivity index (χ3n) is 4.44. The number of nitrogens with one attached hydrogen (secondary N) is 1. The SMILES string of the molecule is CN(C)C(=O)CN=C(NCC1CCCO1)N(C)Cc1ccc(C(F)(F)F)cc1.I. The number of rotatable bonds is 6. The highest BCUT2D eigenvalue weighted by atomic mass is 127. The lowest BCUT2D eigenvalue weighted by Crippen LogP contribution is -2.42. The van der Waals surface area contributed by atoms with Crippen LogP contribution in [0.5, 0.6) is 0 Å². The lowest BCUT2D eigenvalue weighted by Gasteiger charge is -2.24. The predicted molar refractivity (Wildman–Crippen MR) is 116 cm³/mol. The lowest BCUT2D eigenvalue weighted by atomic mass is 10.1. The molecule has 1 aromatic carbocycles. The minimum atomic E-state index is -4.35. The Labute approximate surface area is 186 Å². The van der Waals surface area contributed by atoms with Gasteiger partial charge in [0.2, 0.25) is 5.91 Å². The number of likely N-dealkylation sites (N-methyl/N-ethyl adjacent to an activating group) is 1. The van der Waals surface area contributed by atoms with Gasteiger partial charge in [-0.15, -0.1) is 24.0 Å². The molecule has 1 saturated heterocycles. The number of hydrogen-bond donors (Lipinski definition) is 1. The molecular formula is C19H28F3IN4O2. The van der Waals surface area contributed by atoms with Crippen molar-refractivity contribution in [1.29, 1.82) is 0 Å². The van der Waals surface area contributed by atoms with Gasteiger partial charge < -0.3 is 19.9 Å². The van der Waals surface area contributed by atoms with Gasteiger partial charge >= 0.3 is 6.18 Å². The molecule has 0 bridgehead atoms. The summed E-state index contributed by atoms with van der Waals surface area (Å²) < 4.78 is 43.7. The van der Waals surface area contributed by atoms with Crippen molar-refractivity contribution in [1.82, 2.24) is 15.1 Å². The van der Waals surface area contributed by atoms with Gasteiger partial charge in [0.05, 0.1) is 11.7 Å². The smallest absolute Gasteiger partial charge is 0.376 e. The summed E-state index contributed by atoms with van der Waals surface area (Å²) in [4.78, 5) is 19.5. The molecular weight excluding hydrogens is 500 g/mol. The Morgan fingerprint density at radius 1 is 1.24 bits per heavy atom. The Bertz CT molecular complexity index is 675. The molecule has 0 spiro atoms. The van der Waals surface area contributed by atoms with Crippen LogP contribution in [0.1, 0.15) is 24.0 Å². The molecule has 10 heteroatoms. The molecule has 0 aliphatic carbocycles. The number of carbonyl (C=O) groups is 1. The molecule has 0 radical (unpaired) electrons. The standard InChI is InChI=1S/C19H27F3N4O2.HI/c1-25(2)17(27)12-24-18(23-11-16-5-4-10-28-16)26(3)13-14-6-8-15(9-7-14)19(20,21)22;/h6-9,16H,4-5,10-13H2,1-3H3,(H,23,24);1H. The first-order valence-electron chi connectivity index (χ1n) is 9.14. The third-order valence-corrected chi connectivity index (χ3v) is 4.44. The van der Waals surface area contributed by atoms with Gasteiger partial charge in [-0.1, -0.05) is 12.1 Å². The van der Waals surface area contributed by atoms with Crippen LogP contribution in [0.4, 0.5) is 13.2 Å². The zero-order valence-electron chi connectivity index (χ0n) is 16.8. The average molecular weight is 528 g/mol. The zero-order chi connectivity index (χ0) is 20.7. The van der Waals surface area contributed by atoms with Crippen LogP contribution in [0, 0.1) is 0 Å². The van der Waals surface area contributed by atoms with Gasteiger partial charge in [-0.3, -0.25) is 4.79 Å². The van der Waals surface area contributed by atoms with Gasteiger partial charge in [-0.05, 0) is 30.5 Å². The molecule has 1 N–H and O–H groups in total. The summed E-state index contributed by atoms with van der Waals surface area (Å²) >= 11 is 0. The minimum Gasteiger partial charge on any atom is -0.376 e. The number of carbonyl (C=O) groups excluding carboxylic acids is 1. The van der Waals surface area contributed by atoms with E-state index in [0.717, 1.165) is 31.6 Å². The number of hydrogen-bond acceptors (Lipinski definition) is 3. The van der Waals surface area contributed by atoms with Gasteiger partial charge in [0.25, 0.3) is 0 Å². The maximum Gasteiger partial charge on any atom is 0.416 e. The lowest BCUT2D eigenvalue weighted by molar-refractivity contribution is -0.137. The molecule has 29 heavy (non-hydrogen) atoms. The summed E-state index contributed by atoms with van der Waals surface area (Å²) in [5.74, 6) is 0.366. The molecule has 164 valence electrons. The van der Waals surface area contributed by atoms with Crippen molar-refractivity contribution < 1.29 is 22.7 Å². The molecule has 1 aliphatic rings. The van der Waals surface area contributed by atoms with Crippen molar-refractivity contribution in [2.24, 2.45) is 4.99 Å². The van der Waals surface area contributed by atoms with E-state index in [4.69, 9.17) is 4.74 Å². The summed E-state index contributed by atoms with van der Waals surface area (Å²) in [6, 6.07) is 5.02.